The Balaban J connectivity index is 1.86. The van der Waals surface area contributed by atoms with E-state index in [1.54, 1.807) is 0 Å². The van der Waals surface area contributed by atoms with Crippen LogP contribution in [0.3, 0.4) is 0 Å². The Morgan fingerprint density at radius 3 is 2.94 bits per heavy atom. The van der Waals surface area contributed by atoms with Crippen LogP contribution in [0.25, 0.3) is 10.9 Å². The number of hydrogen-bond acceptors (Lipinski definition) is 2. The molecule has 1 fully saturated rings. The van der Waals surface area contributed by atoms with Crippen LogP contribution in [-0.4, -0.2) is 36.2 Å². The molecule has 1 saturated heterocycles. The summed E-state index contributed by atoms with van der Waals surface area (Å²) in [4.78, 5) is 5.70. The van der Waals surface area contributed by atoms with Crippen LogP contribution in [0.1, 0.15) is 5.56 Å². The van der Waals surface area contributed by atoms with Gasteiger partial charge in [0.2, 0.25) is 0 Å². The normalized spacial score (nSPS) is 17.7. The number of fused-ring (bicyclic) bond motifs is 1. The second-order valence-corrected chi connectivity index (χ2v) is 4.83. The Morgan fingerprint density at radius 1 is 1.29 bits per heavy atom. The zero-order valence-corrected chi connectivity index (χ0v) is 10.3. The Bertz CT molecular complexity index is 517. The first-order valence-electron chi connectivity index (χ1n) is 5.88. The lowest BCUT2D eigenvalue weighted by Crippen LogP contribution is -2.35. The van der Waals surface area contributed by atoms with Gasteiger partial charge in [-0.05, 0) is 23.8 Å². The van der Waals surface area contributed by atoms with Crippen molar-refractivity contribution in [2.75, 3.05) is 26.3 Å². The highest BCUT2D eigenvalue weighted by Crippen LogP contribution is 2.23. The summed E-state index contributed by atoms with van der Waals surface area (Å²) in [5, 5.41) is 2.02. The van der Waals surface area contributed by atoms with E-state index in [-0.39, 0.29) is 0 Å². The minimum atomic E-state index is 0.792. The van der Waals surface area contributed by atoms with Crippen LogP contribution < -0.4 is 0 Å². The first-order chi connectivity index (χ1) is 8.33. The molecule has 1 N–H and O–H groups in total. The first-order valence-corrected chi connectivity index (χ1v) is 6.26. The minimum Gasteiger partial charge on any atom is -0.379 e. The number of morpholine rings is 1. The number of nitrogens with one attached hydrogen (secondary N) is 1. The maximum Gasteiger partial charge on any atom is 0.0594 e. The number of H-pyrrole nitrogens is 1. The molecule has 4 heteroatoms. The number of rotatable bonds is 2. The number of hydrogen-bond donors (Lipinski definition) is 1. The molecular weight excluding hydrogens is 236 g/mol. The molecule has 3 rings (SSSR count). The molecule has 0 aliphatic carbocycles. The number of nitrogens with zero attached hydrogens (tertiary/aromatic N) is 1. The molecule has 1 aromatic carbocycles. The first kappa shape index (κ1) is 11.1. The van der Waals surface area contributed by atoms with Gasteiger partial charge in [0, 0.05) is 41.8 Å². The van der Waals surface area contributed by atoms with Crippen molar-refractivity contribution in [1.82, 2.24) is 9.88 Å². The SMILES string of the molecule is Clc1ccc2[nH]cc(CN3CCOCC3)c2c1. The number of halogens is 1. The number of ether oxygens (including phenoxy) is 1. The average Bonchev–Trinajstić information content (AvgIpc) is 2.73. The highest BCUT2D eigenvalue weighted by molar-refractivity contribution is 6.31. The van der Waals surface area contributed by atoms with Crippen LogP contribution in [0.15, 0.2) is 24.4 Å². The number of aromatic amines is 1. The molecule has 0 radical (unpaired) electrons. The number of benzene rings is 1. The van der Waals surface area contributed by atoms with Crippen LogP contribution >= 0.6 is 11.6 Å². The quantitative estimate of drug-likeness (QED) is 0.888. The van der Waals surface area contributed by atoms with E-state index in [4.69, 9.17) is 16.3 Å². The summed E-state index contributed by atoms with van der Waals surface area (Å²) in [5.74, 6) is 0. The highest BCUT2D eigenvalue weighted by Gasteiger charge is 2.13. The summed E-state index contributed by atoms with van der Waals surface area (Å²) in [6, 6.07) is 5.97. The topological polar surface area (TPSA) is 28.3 Å². The molecule has 0 bridgehead atoms. The fourth-order valence-corrected chi connectivity index (χ4v) is 2.45. The van der Waals surface area contributed by atoms with Crippen molar-refractivity contribution in [3.05, 3.63) is 35.0 Å². The van der Waals surface area contributed by atoms with E-state index in [1.165, 1.54) is 10.9 Å². The maximum atomic E-state index is 6.04. The van der Waals surface area contributed by atoms with Crippen molar-refractivity contribution in [1.29, 1.82) is 0 Å². The van der Waals surface area contributed by atoms with Crippen molar-refractivity contribution in [2.24, 2.45) is 0 Å². The van der Waals surface area contributed by atoms with Gasteiger partial charge in [0.1, 0.15) is 0 Å². The molecule has 0 unspecified atom stereocenters. The minimum absolute atomic E-state index is 0.792. The molecule has 1 aliphatic heterocycles. The molecule has 17 heavy (non-hydrogen) atoms. The van der Waals surface area contributed by atoms with Gasteiger partial charge in [-0.15, -0.1) is 0 Å². The van der Waals surface area contributed by atoms with Gasteiger partial charge in [-0.1, -0.05) is 11.6 Å². The van der Waals surface area contributed by atoms with Crippen molar-refractivity contribution in [2.45, 2.75) is 6.54 Å². The lowest BCUT2D eigenvalue weighted by molar-refractivity contribution is 0.0343. The standard InChI is InChI=1S/C13H15ClN2O/c14-11-1-2-13-12(7-11)10(8-15-13)9-16-3-5-17-6-4-16/h1-2,7-8,15H,3-6,9H2. The van der Waals surface area contributed by atoms with E-state index < -0.39 is 0 Å². The van der Waals surface area contributed by atoms with Crippen molar-refractivity contribution in [3.63, 3.8) is 0 Å². The van der Waals surface area contributed by atoms with Crippen molar-refractivity contribution < 1.29 is 4.74 Å². The smallest absolute Gasteiger partial charge is 0.0594 e. The van der Waals surface area contributed by atoms with Gasteiger partial charge in [0.05, 0.1) is 13.2 Å². The molecular formula is C13H15ClN2O. The Labute approximate surface area is 105 Å². The highest BCUT2D eigenvalue weighted by atomic mass is 35.5. The molecule has 3 nitrogen and oxygen atoms in total. The van der Waals surface area contributed by atoms with Crippen LogP contribution in [0.5, 0.6) is 0 Å². The van der Waals surface area contributed by atoms with E-state index >= 15 is 0 Å². The summed E-state index contributed by atoms with van der Waals surface area (Å²) >= 11 is 6.04. The molecule has 2 aromatic rings. The third-order valence-electron chi connectivity index (χ3n) is 3.23. The van der Waals surface area contributed by atoms with Gasteiger partial charge in [-0.25, -0.2) is 0 Å². The Hall–Kier alpha value is -1.03. The second-order valence-electron chi connectivity index (χ2n) is 4.39. The average molecular weight is 251 g/mol. The van der Waals surface area contributed by atoms with Crippen LogP contribution in [0, 0.1) is 0 Å². The summed E-state index contributed by atoms with van der Waals surface area (Å²) in [5.41, 5.74) is 2.46. The molecule has 1 aromatic heterocycles. The molecule has 0 amide bonds. The lowest BCUT2D eigenvalue weighted by Gasteiger charge is -2.26. The molecule has 2 heterocycles. The summed E-state index contributed by atoms with van der Waals surface area (Å²) in [6.45, 7) is 4.65. The monoisotopic (exact) mass is 250 g/mol. The molecule has 0 saturated carbocycles. The molecule has 90 valence electrons. The van der Waals surface area contributed by atoms with E-state index in [1.807, 2.05) is 18.2 Å². The zero-order valence-electron chi connectivity index (χ0n) is 9.58. The molecule has 0 spiro atoms. The number of aromatic nitrogens is 1. The van der Waals surface area contributed by atoms with Crippen molar-refractivity contribution >= 4 is 22.5 Å². The van der Waals surface area contributed by atoms with E-state index in [9.17, 15) is 0 Å². The third kappa shape index (κ3) is 2.32. The molecule has 0 atom stereocenters. The van der Waals surface area contributed by atoms with Crippen LogP contribution in [-0.2, 0) is 11.3 Å². The van der Waals surface area contributed by atoms with Gasteiger partial charge in [-0.2, -0.15) is 0 Å². The summed E-state index contributed by atoms with van der Waals surface area (Å²) in [6.07, 6.45) is 2.08. The van der Waals surface area contributed by atoms with Crippen LogP contribution in [0.4, 0.5) is 0 Å². The predicted molar refractivity (Wildman–Crippen MR) is 69.4 cm³/mol. The van der Waals surface area contributed by atoms with Crippen molar-refractivity contribution in [3.8, 4) is 0 Å². The largest absolute Gasteiger partial charge is 0.379 e. The van der Waals surface area contributed by atoms with Gasteiger partial charge >= 0.3 is 0 Å². The summed E-state index contributed by atoms with van der Waals surface area (Å²) in [7, 11) is 0. The van der Waals surface area contributed by atoms with E-state index in [0.29, 0.717) is 0 Å². The van der Waals surface area contributed by atoms with E-state index in [0.717, 1.165) is 43.4 Å². The van der Waals surface area contributed by atoms with E-state index in [2.05, 4.69) is 16.1 Å². The predicted octanol–water partition coefficient (Wildman–Crippen LogP) is 2.65. The fraction of sp³-hybridized carbons (Fsp3) is 0.385. The molecule has 1 aliphatic rings. The fourth-order valence-electron chi connectivity index (χ4n) is 2.28. The maximum absolute atomic E-state index is 6.04. The summed E-state index contributed by atoms with van der Waals surface area (Å²) < 4.78 is 5.35. The Kier molecular flexibility index (Phi) is 3.05. The zero-order chi connectivity index (χ0) is 11.7. The van der Waals surface area contributed by atoms with Gasteiger partial charge in [0.15, 0.2) is 0 Å². The second kappa shape index (κ2) is 4.69. The van der Waals surface area contributed by atoms with Gasteiger partial charge < -0.3 is 9.72 Å². The Morgan fingerprint density at radius 2 is 2.12 bits per heavy atom. The van der Waals surface area contributed by atoms with Crippen LogP contribution in [0.2, 0.25) is 5.02 Å². The van der Waals surface area contributed by atoms with Gasteiger partial charge in [0.25, 0.3) is 0 Å². The van der Waals surface area contributed by atoms with Gasteiger partial charge in [-0.3, -0.25) is 4.90 Å². The lowest BCUT2D eigenvalue weighted by atomic mass is 10.1. The third-order valence-corrected chi connectivity index (χ3v) is 3.46.